The largest absolute Gasteiger partial charge is 0.368 e. The van der Waals surface area contributed by atoms with Crippen LogP contribution in [0.5, 0.6) is 0 Å². The van der Waals surface area contributed by atoms with Crippen LogP contribution in [-0.4, -0.2) is 32.8 Å². The van der Waals surface area contributed by atoms with Gasteiger partial charge in [0.05, 0.1) is 4.90 Å². The van der Waals surface area contributed by atoms with E-state index < -0.39 is 27.9 Å². The average molecular weight is 387 g/mol. The van der Waals surface area contributed by atoms with Crippen LogP contribution in [0, 0.1) is 0 Å². The molecular formula is C19H21N3O4S. The predicted octanol–water partition coefficient (Wildman–Crippen LogP) is 0.977. The van der Waals surface area contributed by atoms with Gasteiger partial charge in [-0.2, -0.15) is 4.72 Å². The fourth-order valence-electron chi connectivity index (χ4n) is 2.38. The molecule has 4 N–H and O–H groups in total. The summed E-state index contributed by atoms with van der Waals surface area (Å²) in [6.45, 7) is 3.76. The zero-order chi connectivity index (χ0) is 19.9. The number of rotatable bonds is 9. The fraction of sp³-hybridized carbons (Fsp3) is 0.158. The van der Waals surface area contributed by atoms with Crippen LogP contribution in [0.1, 0.15) is 15.9 Å². The lowest BCUT2D eigenvalue weighted by Crippen LogP contribution is -2.45. The summed E-state index contributed by atoms with van der Waals surface area (Å²) in [4.78, 5) is 23.6. The van der Waals surface area contributed by atoms with Gasteiger partial charge in [-0.3, -0.25) is 9.59 Å². The summed E-state index contributed by atoms with van der Waals surface area (Å²) in [6.07, 6.45) is 1.63. The molecule has 1 atom stereocenters. The van der Waals surface area contributed by atoms with Crippen molar-refractivity contribution in [3.8, 4) is 0 Å². The van der Waals surface area contributed by atoms with E-state index in [2.05, 4.69) is 16.6 Å². The third-order valence-electron chi connectivity index (χ3n) is 3.74. The minimum atomic E-state index is -4.05. The van der Waals surface area contributed by atoms with Crippen molar-refractivity contribution in [1.82, 2.24) is 10.0 Å². The van der Waals surface area contributed by atoms with E-state index in [4.69, 9.17) is 5.73 Å². The van der Waals surface area contributed by atoms with Gasteiger partial charge in [-0.05, 0) is 30.2 Å². The Hall–Kier alpha value is -2.97. The Labute approximate surface area is 158 Å². The molecule has 0 heterocycles. The normalized spacial score (nSPS) is 12.1. The van der Waals surface area contributed by atoms with E-state index in [1.807, 2.05) is 6.07 Å². The number of amides is 2. The lowest BCUT2D eigenvalue weighted by Gasteiger charge is -2.16. The third kappa shape index (κ3) is 5.77. The van der Waals surface area contributed by atoms with Gasteiger partial charge in [-0.1, -0.05) is 42.5 Å². The van der Waals surface area contributed by atoms with Gasteiger partial charge in [0.15, 0.2) is 0 Å². The van der Waals surface area contributed by atoms with Gasteiger partial charge in [0.25, 0.3) is 5.91 Å². The van der Waals surface area contributed by atoms with Crippen LogP contribution in [0.3, 0.4) is 0 Å². The number of nitrogens with one attached hydrogen (secondary N) is 2. The Balaban J connectivity index is 2.22. The summed E-state index contributed by atoms with van der Waals surface area (Å²) in [6, 6.07) is 13.3. The van der Waals surface area contributed by atoms with Gasteiger partial charge in [-0.15, -0.1) is 6.58 Å². The SMILES string of the molecule is C=CCNC(=O)c1cccc(S(=O)(=O)NC(Cc2ccccc2)C(N)=O)c1. The van der Waals surface area contributed by atoms with Crippen LogP contribution in [0.15, 0.2) is 72.1 Å². The molecule has 1 unspecified atom stereocenters. The maximum atomic E-state index is 12.7. The van der Waals surface area contributed by atoms with Crippen molar-refractivity contribution in [3.05, 3.63) is 78.4 Å². The molecule has 0 bridgehead atoms. The maximum Gasteiger partial charge on any atom is 0.251 e. The first-order valence-corrected chi connectivity index (χ1v) is 9.66. The lowest BCUT2D eigenvalue weighted by atomic mass is 10.1. The highest BCUT2D eigenvalue weighted by Gasteiger charge is 2.25. The molecule has 27 heavy (non-hydrogen) atoms. The minimum absolute atomic E-state index is 0.120. The predicted molar refractivity (Wildman–Crippen MR) is 102 cm³/mol. The Morgan fingerprint density at radius 3 is 2.44 bits per heavy atom. The molecule has 2 amide bonds. The van der Waals surface area contributed by atoms with Gasteiger partial charge in [-0.25, -0.2) is 8.42 Å². The monoisotopic (exact) mass is 387 g/mol. The number of primary amides is 1. The van der Waals surface area contributed by atoms with E-state index in [0.29, 0.717) is 0 Å². The smallest absolute Gasteiger partial charge is 0.251 e. The van der Waals surface area contributed by atoms with Crippen molar-refractivity contribution in [2.75, 3.05) is 6.54 Å². The molecule has 8 heteroatoms. The van der Waals surface area contributed by atoms with Crippen molar-refractivity contribution in [3.63, 3.8) is 0 Å². The molecule has 0 aliphatic heterocycles. The highest BCUT2D eigenvalue weighted by atomic mass is 32.2. The fourth-order valence-corrected chi connectivity index (χ4v) is 3.63. The second-order valence-corrected chi connectivity index (χ2v) is 7.51. The second kappa shape index (κ2) is 9.11. The van der Waals surface area contributed by atoms with Crippen molar-refractivity contribution in [2.24, 2.45) is 5.73 Å². The van der Waals surface area contributed by atoms with E-state index in [1.54, 1.807) is 24.3 Å². The number of hydrogen-bond acceptors (Lipinski definition) is 4. The Kier molecular flexibility index (Phi) is 6.86. The molecule has 0 saturated heterocycles. The van der Waals surface area contributed by atoms with E-state index >= 15 is 0 Å². The summed E-state index contributed by atoms with van der Waals surface area (Å²) < 4.78 is 27.6. The number of nitrogens with two attached hydrogens (primary N) is 1. The summed E-state index contributed by atoms with van der Waals surface area (Å²) in [5, 5.41) is 2.57. The Bertz CT molecular complexity index is 927. The van der Waals surface area contributed by atoms with Gasteiger partial charge in [0.1, 0.15) is 6.04 Å². The zero-order valence-electron chi connectivity index (χ0n) is 14.6. The van der Waals surface area contributed by atoms with Crippen molar-refractivity contribution < 1.29 is 18.0 Å². The quantitative estimate of drug-likeness (QED) is 0.556. The lowest BCUT2D eigenvalue weighted by molar-refractivity contribution is -0.119. The minimum Gasteiger partial charge on any atom is -0.368 e. The van der Waals surface area contributed by atoms with Crippen LogP contribution in [0.4, 0.5) is 0 Å². The summed E-state index contributed by atoms with van der Waals surface area (Å²) in [5.74, 6) is -1.22. The molecular weight excluding hydrogens is 366 g/mol. The molecule has 0 radical (unpaired) electrons. The van der Waals surface area contributed by atoms with Crippen LogP contribution in [0.25, 0.3) is 0 Å². The van der Waals surface area contributed by atoms with Crippen molar-refractivity contribution in [2.45, 2.75) is 17.4 Å². The van der Waals surface area contributed by atoms with Crippen LogP contribution in [0.2, 0.25) is 0 Å². The van der Waals surface area contributed by atoms with Gasteiger partial charge in [0.2, 0.25) is 15.9 Å². The number of carbonyl (C=O) groups excluding carboxylic acids is 2. The molecule has 0 fully saturated rings. The first-order chi connectivity index (χ1) is 12.8. The second-order valence-electron chi connectivity index (χ2n) is 5.79. The maximum absolute atomic E-state index is 12.7. The molecule has 0 spiro atoms. The van der Waals surface area contributed by atoms with Crippen molar-refractivity contribution >= 4 is 21.8 Å². The number of sulfonamides is 1. The van der Waals surface area contributed by atoms with E-state index in [9.17, 15) is 18.0 Å². The molecule has 142 valence electrons. The van der Waals surface area contributed by atoms with E-state index in [0.717, 1.165) is 5.56 Å². The highest BCUT2D eigenvalue weighted by Crippen LogP contribution is 2.13. The first-order valence-electron chi connectivity index (χ1n) is 8.18. The van der Waals surface area contributed by atoms with Gasteiger partial charge in [0, 0.05) is 12.1 Å². The average Bonchev–Trinajstić information content (AvgIpc) is 2.66. The van der Waals surface area contributed by atoms with E-state index in [-0.39, 0.29) is 23.4 Å². The Morgan fingerprint density at radius 1 is 1.11 bits per heavy atom. The van der Waals surface area contributed by atoms with Crippen LogP contribution >= 0.6 is 0 Å². The number of carbonyl (C=O) groups is 2. The molecule has 7 nitrogen and oxygen atoms in total. The number of benzene rings is 2. The Morgan fingerprint density at radius 2 is 1.81 bits per heavy atom. The zero-order valence-corrected chi connectivity index (χ0v) is 15.4. The summed E-state index contributed by atoms with van der Waals surface area (Å²) >= 11 is 0. The van der Waals surface area contributed by atoms with Crippen LogP contribution in [-0.2, 0) is 21.2 Å². The third-order valence-corrected chi connectivity index (χ3v) is 5.21. The highest BCUT2D eigenvalue weighted by molar-refractivity contribution is 7.89. The standard InChI is InChI=1S/C19H21N3O4S/c1-2-11-21-19(24)15-9-6-10-16(13-15)27(25,26)22-17(18(20)23)12-14-7-4-3-5-8-14/h2-10,13,17,22H,1,11-12H2,(H2,20,23)(H,21,24). The molecule has 0 saturated carbocycles. The van der Waals surface area contributed by atoms with Gasteiger partial charge >= 0.3 is 0 Å². The number of hydrogen-bond donors (Lipinski definition) is 3. The molecule has 0 aromatic heterocycles. The molecule has 2 aromatic rings. The first kappa shape index (κ1) is 20.3. The summed E-state index contributed by atoms with van der Waals surface area (Å²) in [5.41, 5.74) is 6.31. The molecule has 2 aromatic carbocycles. The molecule has 2 rings (SSSR count). The molecule has 0 aliphatic carbocycles. The van der Waals surface area contributed by atoms with Gasteiger partial charge < -0.3 is 11.1 Å². The van der Waals surface area contributed by atoms with Crippen LogP contribution < -0.4 is 15.8 Å². The summed E-state index contributed by atoms with van der Waals surface area (Å²) in [7, 11) is -4.05. The van der Waals surface area contributed by atoms with Crippen molar-refractivity contribution in [1.29, 1.82) is 0 Å². The molecule has 0 aliphatic rings. The van der Waals surface area contributed by atoms with E-state index in [1.165, 1.54) is 30.3 Å². The topological polar surface area (TPSA) is 118 Å².